The van der Waals surface area contributed by atoms with E-state index in [0.717, 1.165) is 45.6 Å². The molecule has 0 amide bonds. The van der Waals surface area contributed by atoms with Crippen LogP contribution in [0.25, 0.3) is 0 Å². The lowest BCUT2D eigenvalue weighted by atomic mass is 10.0. The van der Waals surface area contributed by atoms with Crippen LogP contribution in [0.1, 0.15) is 30.9 Å². The van der Waals surface area contributed by atoms with Gasteiger partial charge in [0.2, 0.25) is 0 Å². The lowest BCUT2D eigenvalue weighted by Gasteiger charge is -2.24. The second kappa shape index (κ2) is 6.92. The Hall–Kier alpha value is -1.06. The molecule has 2 N–H and O–H groups in total. The van der Waals surface area contributed by atoms with Crippen LogP contribution >= 0.6 is 0 Å². The molecule has 0 aliphatic carbocycles. The molecule has 106 valence electrons. The predicted octanol–water partition coefficient (Wildman–Crippen LogP) is 2.50. The summed E-state index contributed by atoms with van der Waals surface area (Å²) in [6.45, 7) is 8.15. The fraction of sp³-hybridized carbons (Fsp3) is 0.625. The van der Waals surface area contributed by atoms with Crippen LogP contribution in [0.5, 0.6) is 0 Å². The standard InChI is InChI=1S/C16H26N2O/c1-3-15(17)12-14-5-6-16(13(2)11-14)18-7-4-9-19-10-8-18/h5-6,11,15H,3-4,7-10,12,17H2,1-2H3. The van der Waals surface area contributed by atoms with Crippen molar-refractivity contribution in [3.63, 3.8) is 0 Å². The van der Waals surface area contributed by atoms with Gasteiger partial charge in [-0.05, 0) is 43.4 Å². The molecule has 2 rings (SSSR count). The third-order valence-corrected chi connectivity index (χ3v) is 3.85. The topological polar surface area (TPSA) is 38.5 Å². The minimum atomic E-state index is 0.275. The Morgan fingerprint density at radius 2 is 2.16 bits per heavy atom. The number of rotatable bonds is 4. The Bertz CT molecular complexity index is 398. The van der Waals surface area contributed by atoms with Crippen LogP contribution in [0, 0.1) is 6.92 Å². The number of nitrogens with two attached hydrogens (primary N) is 1. The third-order valence-electron chi connectivity index (χ3n) is 3.85. The van der Waals surface area contributed by atoms with Gasteiger partial charge in [-0.1, -0.05) is 19.1 Å². The van der Waals surface area contributed by atoms with Gasteiger partial charge < -0.3 is 15.4 Å². The number of anilines is 1. The molecule has 19 heavy (non-hydrogen) atoms. The zero-order valence-electron chi connectivity index (χ0n) is 12.2. The van der Waals surface area contributed by atoms with E-state index in [1.54, 1.807) is 0 Å². The Kier molecular flexibility index (Phi) is 5.23. The van der Waals surface area contributed by atoms with Gasteiger partial charge >= 0.3 is 0 Å². The molecule has 3 heteroatoms. The first-order chi connectivity index (χ1) is 9.20. The van der Waals surface area contributed by atoms with Crippen LogP contribution in [0.2, 0.25) is 0 Å². The van der Waals surface area contributed by atoms with Gasteiger partial charge in [0.15, 0.2) is 0 Å². The van der Waals surface area contributed by atoms with Crippen molar-refractivity contribution >= 4 is 5.69 Å². The SMILES string of the molecule is CCC(N)Cc1ccc(N2CCCOCC2)c(C)c1. The van der Waals surface area contributed by atoms with Crippen molar-refractivity contribution in [1.29, 1.82) is 0 Å². The molecule has 1 saturated heterocycles. The van der Waals surface area contributed by atoms with Gasteiger partial charge in [0.05, 0.1) is 6.61 Å². The van der Waals surface area contributed by atoms with Gasteiger partial charge in [0.1, 0.15) is 0 Å². The molecule has 0 spiro atoms. The van der Waals surface area contributed by atoms with Crippen LogP contribution in [0.4, 0.5) is 5.69 Å². The number of ether oxygens (including phenoxy) is 1. The first-order valence-corrected chi connectivity index (χ1v) is 7.38. The maximum absolute atomic E-state index is 6.03. The van der Waals surface area contributed by atoms with Gasteiger partial charge in [-0.2, -0.15) is 0 Å². The Morgan fingerprint density at radius 1 is 1.32 bits per heavy atom. The van der Waals surface area contributed by atoms with Gasteiger partial charge in [0.25, 0.3) is 0 Å². The number of nitrogens with zero attached hydrogens (tertiary/aromatic N) is 1. The summed E-state index contributed by atoms with van der Waals surface area (Å²) in [7, 11) is 0. The normalized spacial score (nSPS) is 18.2. The molecular formula is C16H26N2O. The first-order valence-electron chi connectivity index (χ1n) is 7.38. The zero-order valence-corrected chi connectivity index (χ0v) is 12.2. The summed E-state index contributed by atoms with van der Waals surface area (Å²) >= 11 is 0. The average molecular weight is 262 g/mol. The summed E-state index contributed by atoms with van der Waals surface area (Å²) in [5, 5.41) is 0. The molecule has 1 aromatic rings. The summed E-state index contributed by atoms with van der Waals surface area (Å²) in [4.78, 5) is 2.44. The Morgan fingerprint density at radius 3 is 2.89 bits per heavy atom. The van der Waals surface area contributed by atoms with Crippen LogP contribution < -0.4 is 10.6 Å². The minimum absolute atomic E-state index is 0.275. The van der Waals surface area contributed by atoms with Gasteiger partial charge in [-0.15, -0.1) is 0 Å². The number of hydrogen-bond donors (Lipinski definition) is 1. The third kappa shape index (κ3) is 3.95. The summed E-state index contributed by atoms with van der Waals surface area (Å²) in [6, 6.07) is 7.04. The van der Waals surface area contributed by atoms with Crippen LogP contribution in [0.15, 0.2) is 18.2 Å². The van der Waals surface area contributed by atoms with Crippen molar-refractivity contribution in [2.45, 2.75) is 39.2 Å². The molecule has 1 atom stereocenters. The molecule has 1 aromatic carbocycles. The molecule has 1 fully saturated rings. The maximum Gasteiger partial charge on any atom is 0.0641 e. The van der Waals surface area contributed by atoms with Crippen LogP contribution in [-0.2, 0) is 11.2 Å². The Balaban J connectivity index is 2.09. The van der Waals surface area contributed by atoms with Crippen molar-refractivity contribution < 1.29 is 4.74 Å². The van der Waals surface area contributed by atoms with E-state index in [9.17, 15) is 0 Å². The first kappa shape index (κ1) is 14.4. The molecule has 0 bridgehead atoms. The van der Waals surface area contributed by atoms with E-state index in [4.69, 9.17) is 10.5 Å². The molecule has 0 radical (unpaired) electrons. The quantitative estimate of drug-likeness (QED) is 0.906. The highest BCUT2D eigenvalue weighted by Crippen LogP contribution is 2.23. The van der Waals surface area contributed by atoms with E-state index in [-0.39, 0.29) is 6.04 Å². The van der Waals surface area contributed by atoms with E-state index >= 15 is 0 Å². The monoisotopic (exact) mass is 262 g/mol. The van der Waals surface area contributed by atoms with Crippen molar-refractivity contribution in [1.82, 2.24) is 0 Å². The van der Waals surface area contributed by atoms with E-state index < -0.39 is 0 Å². The molecule has 1 unspecified atom stereocenters. The average Bonchev–Trinajstić information content (AvgIpc) is 2.67. The minimum Gasteiger partial charge on any atom is -0.380 e. The van der Waals surface area contributed by atoms with Gasteiger partial charge in [-0.3, -0.25) is 0 Å². The molecule has 3 nitrogen and oxygen atoms in total. The van der Waals surface area contributed by atoms with Crippen molar-refractivity contribution in [3.05, 3.63) is 29.3 Å². The molecule has 0 saturated carbocycles. The van der Waals surface area contributed by atoms with E-state index in [0.29, 0.717) is 0 Å². The largest absolute Gasteiger partial charge is 0.380 e. The molecule has 1 aliphatic rings. The predicted molar refractivity (Wildman–Crippen MR) is 80.8 cm³/mol. The highest BCUT2D eigenvalue weighted by molar-refractivity contribution is 5.54. The second-order valence-electron chi connectivity index (χ2n) is 5.45. The van der Waals surface area contributed by atoms with Crippen molar-refractivity contribution in [3.8, 4) is 0 Å². The van der Waals surface area contributed by atoms with Crippen LogP contribution in [0.3, 0.4) is 0 Å². The van der Waals surface area contributed by atoms with Crippen molar-refractivity contribution in [2.24, 2.45) is 5.73 Å². The number of hydrogen-bond acceptors (Lipinski definition) is 3. The van der Waals surface area contributed by atoms with E-state index in [1.165, 1.54) is 16.8 Å². The Labute approximate surface area is 116 Å². The van der Waals surface area contributed by atoms with Crippen molar-refractivity contribution in [2.75, 3.05) is 31.2 Å². The second-order valence-corrected chi connectivity index (χ2v) is 5.45. The highest BCUT2D eigenvalue weighted by Gasteiger charge is 2.12. The summed E-state index contributed by atoms with van der Waals surface area (Å²) in [6.07, 6.45) is 3.12. The fourth-order valence-corrected chi connectivity index (χ4v) is 2.63. The fourth-order valence-electron chi connectivity index (χ4n) is 2.63. The molecule has 1 aliphatic heterocycles. The highest BCUT2D eigenvalue weighted by atomic mass is 16.5. The summed E-state index contributed by atoms with van der Waals surface area (Å²) in [5.74, 6) is 0. The van der Waals surface area contributed by atoms with Crippen LogP contribution in [-0.4, -0.2) is 32.3 Å². The molecule has 0 aromatic heterocycles. The maximum atomic E-state index is 6.03. The lowest BCUT2D eigenvalue weighted by molar-refractivity contribution is 0.152. The van der Waals surface area contributed by atoms with E-state index in [1.807, 2.05) is 0 Å². The summed E-state index contributed by atoms with van der Waals surface area (Å²) in [5.41, 5.74) is 10.1. The zero-order chi connectivity index (χ0) is 13.7. The lowest BCUT2D eigenvalue weighted by Crippen LogP contribution is -2.26. The number of benzene rings is 1. The van der Waals surface area contributed by atoms with Gasteiger partial charge in [0, 0.05) is 31.4 Å². The van der Waals surface area contributed by atoms with Gasteiger partial charge in [-0.25, -0.2) is 0 Å². The summed E-state index contributed by atoms with van der Waals surface area (Å²) < 4.78 is 5.52. The van der Waals surface area contributed by atoms with E-state index in [2.05, 4.69) is 36.9 Å². The smallest absolute Gasteiger partial charge is 0.0641 e. The number of aryl methyl sites for hydroxylation is 1. The molecule has 1 heterocycles. The molecular weight excluding hydrogens is 236 g/mol.